The highest BCUT2D eigenvalue weighted by Crippen LogP contribution is 2.31. The van der Waals surface area contributed by atoms with E-state index in [2.05, 4.69) is 39.9 Å². The van der Waals surface area contributed by atoms with Gasteiger partial charge in [-0.1, -0.05) is 64.7 Å². The Kier molecular flexibility index (Phi) is 9.99. The van der Waals surface area contributed by atoms with Gasteiger partial charge in [-0.15, -0.1) is 0 Å². The minimum atomic E-state index is -0.751. The van der Waals surface area contributed by atoms with Gasteiger partial charge in [-0.05, 0) is 47.0 Å². The van der Waals surface area contributed by atoms with Crippen LogP contribution >= 0.6 is 0 Å². The quantitative estimate of drug-likeness (QED) is 0.403. The van der Waals surface area contributed by atoms with E-state index in [-0.39, 0.29) is 17.1 Å². The first-order chi connectivity index (χ1) is 12.2. The van der Waals surface area contributed by atoms with Gasteiger partial charge in [0.25, 0.3) is 0 Å². The Hall–Kier alpha value is -0.770. The molecule has 2 N–H and O–H groups in total. The minimum Gasteiger partial charge on any atom is -0.465 e. The van der Waals surface area contributed by atoms with Gasteiger partial charge in [0, 0.05) is 23.7 Å². The number of carbonyl (C=O) groups is 1. The average Bonchev–Trinajstić information content (AvgIpc) is 2.49. The van der Waals surface area contributed by atoms with Crippen LogP contribution in [0.25, 0.3) is 0 Å². The zero-order valence-corrected chi connectivity index (χ0v) is 18.1. The topological polar surface area (TPSA) is 52.6 Å². The maximum absolute atomic E-state index is 11.8. The second-order valence-corrected chi connectivity index (χ2v) is 9.61. The summed E-state index contributed by atoms with van der Waals surface area (Å²) in [7, 11) is 0. The molecule has 0 bridgehead atoms. The Labute approximate surface area is 162 Å². The summed E-state index contributed by atoms with van der Waals surface area (Å²) >= 11 is 0. The van der Waals surface area contributed by atoms with Gasteiger partial charge in [0.15, 0.2) is 0 Å². The van der Waals surface area contributed by atoms with Crippen molar-refractivity contribution >= 4 is 6.09 Å². The SMILES string of the molecule is CCCCCCCCCCCCN(C(=O)O)C1CC(C)(C)NC(C)(C)C1. The molecule has 1 aliphatic heterocycles. The van der Waals surface area contributed by atoms with Crippen molar-refractivity contribution in [3.05, 3.63) is 0 Å². The van der Waals surface area contributed by atoms with Crippen LogP contribution in [-0.4, -0.2) is 39.8 Å². The van der Waals surface area contributed by atoms with E-state index in [0.717, 1.165) is 25.7 Å². The zero-order valence-electron chi connectivity index (χ0n) is 18.1. The number of nitrogens with zero attached hydrogens (tertiary/aromatic N) is 1. The molecule has 0 aromatic heterocycles. The summed E-state index contributed by atoms with van der Waals surface area (Å²) in [5.74, 6) is 0. The molecule has 0 radical (unpaired) electrons. The number of hydrogen-bond donors (Lipinski definition) is 2. The fourth-order valence-electron chi connectivity index (χ4n) is 4.69. The van der Waals surface area contributed by atoms with Gasteiger partial charge in [0.1, 0.15) is 0 Å². The van der Waals surface area contributed by atoms with Crippen LogP contribution in [0, 0.1) is 0 Å². The van der Waals surface area contributed by atoms with Gasteiger partial charge in [-0.3, -0.25) is 0 Å². The molecule has 1 saturated heterocycles. The molecule has 1 fully saturated rings. The summed E-state index contributed by atoms with van der Waals surface area (Å²) in [6, 6.07) is 0.123. The third-order valence-electron chi connectivity index (χ3n) is 5.61. The highest BCUT2D eigenvalue weighted by molar-refractivity contribution is 5.65. The highest BCUT2D eigenvalue weighted by atomic mass is 16.4. The van der Waals surface area contributed by atoms with Crippen LogP contribution in [0.4, 0.5) is 4.79 Å². The molecule has 0 aromatic carbocycles. The normalized spacial score (nSPS) is 19.4. The number of carboxylic acid groups (broad SMARTS) is 1. The molecule has 26 heavy (non-hydrogen) atoms. The van der Waals surface area contributed by atoms with E-state index >= 15 is 0 Å². The van der Waals surface area contributed by atoms with Crippen molar-refractivity contribution < 1.29 is 9.90 Å². The van der Waals surface area contributed by atoms with Gasteiger partial charge in [-0.2, -0.15) is 0 Å². The number of amides is 1. The summed E-state index contributed by atoms with van der Waals surface area (Å²) in [6.45, 7) is 11.7. The first kappa shape index (κ1) is 23.3. The first-order valence-electron chi connectivity index (χ1n) is 11.0. The van der Waals surface area contributed by atoms with E-state index < -0.39 is 6.09 Å². The number of rotatable bonds is 12. The summed E-state index contributed by atoms with van der Waals surface area (Å²) < 4.78 is 0. The minimum absolute atomic E-state index is 0.0160. The summed E-state index contributed by atoms with van der Waals surface area (Å²) in [6.07, 6.45) is 13.8. The lowest BCUT2D eigenvalue weighted by Crippen LogP contribution is -2.62. The Morgan fingerprint density at radius 2 is 1.31 bits per heavy atom. The molecule has 4 nitrogen and oxygen atoms in total. The predicted octanol–water partition coefficient (Wildman–Crippen LogP) is 6.20. The molecule has 4 heteroatoms. The standard InChI is InChI=1S/C22H44N2O2/c1-6-7-8-9-10-11-12-13-14-15-16-24(20(25)26)19-17-21(2,3)23-22(4,5)18-19/h19,23H,6-18H2,1-5H3,(H,25,26). The van der Waals surface area contributed by atoms with Crippen LogP contribution in [0.3, 0.4) is 0 Å². The molecule has 0 unspecified atom stereocenters. The van der Waals surface area contributed by atoms with Gasteiger partial charge >= 0.3 is 6.09 Å². The molecule has 0 aromatic rings. The second-order valence-electron chi connectivity index (χ2n) is 9.61. The van der Waals surface area contributed by atoms with Crippen molar-refractivity contribution in [3.63, 3.8) is 0 Å². The van der Waals surface area contributed by atoms with Gasteiger partial charge in [0.2, 0.25) is 0 Å². The molecule has 1 rings (SSSR count). The lowest BCUT2D eigenvalue weighted by atomic mass is 9.79. The van der Waals surface area contributed by atoms with Crippen LogP contribution in [-0.2, 0) is 0 Å². The fourth-order valence-corrected chi connectivity index (χ4v) is 4.69. The molecule has 0 atom stereocenters. The maximum Gasteiger partial charge on any atom is 0.407 e. The Morgan fingerprint density at radius 3 is 1.73 bits per heavy atom. The summed E-state index contributed by atoms with van der Waals surface area (Å²) in [5.41, 5.74) is -0.0320. The van der Waals surface area contributed by atoms with Crippen molar-refractivity contribution in [2.75, 3.05) is 6.54 Å². The van der Waals surface area contributed by atoms with Crippen molar-refractivity contribution in [1.29, 1.82) is 0 Å². The Bertz CT molecular complexity index is 391. The monoisotopic (exact) mass is 368 g/mol. The van der Waals surface area contributed by atoms with Gasteiger partial charge < -0.3 is 15.3 Å². The fraction of sp³-hybridized carbons (Fsp3) is 0.955. The molecule has 1 amide bonds. The van der Waals surface area contributed by atoms with E-state index in [4.69, 9.17) is 0 Å². The second kappa shape index (κ2) is 11.2. The predicted molar refractivity (Wildman–Crippen MR) is 111 cm³/mol. The lowest BCUT2D eigenvalue weighted by Gasteiger charge is -2.49. The molecule has 1 aliphatic rings. The Balaban J connectivity index is 2.28. The van der Waals surface area contributed by atoms with Crippen LogP contribution in [0.1, 0.15) is 112 Å². The number of unbranched alkanes of at least 4 members (excludes halogenated alkanes) is 9. The van der Waals surface area contributed by atoms with Crippen LogP contribution in [0.2, 0.25) is 0 Å². The third kappa shape index (κ3) is 9.25. The van der Waals surface area contributed by atoms with Crippen molar-refractivity contribution in [3.8, 4) is 0 Å². The zero-order chi connectivity index (χ0) is 19.6. The van der Waals surface area contributed by atoms with Gasteiger partial charge in [0.05, 0.1) is 0 Å². The summed E-state index contributed by atoms with van der Waals surface area (Å²) in [4.78, 5) is 13.5. The van der Waals surface area contributed by atoms with Crippen LogP contribution in [0.5, 0.6) is 0 Å². The lowest BCUT2D eigenvalue weighted by molar-refractivity contribution is 0.0618. The molecule has 0 spiro atoms. The highest BCUT2D eigenvalue weighted by Gasteiger charge is 2.41. The largest absolute Gasteiger partial charge is 0.465 e. The van der Waals surface area contributed by atoms with E-state index in [1.807, 2.05) is 0 Å². The van der Waals surface area contributed by atoms with E-state index in [9.17, 15) is 9.90 Å². The van der Waals surface area contributed by atoms with Crippen LogP contribution < -0.4 is 5.32 Å². The van der Waals surface area contributed by atoms with E-state index in [0.29, 0.717) is 6.54 Å². The van der Waals surface area contributed by atoms with Crippen molar-refractivity contribution in [1.82, 2.24) is 10.2 Å². The smallest absolute Gasteiger partial charge is 0.407 e. The molecule has 0 aliphatic carbocycles. The van der Waals surface area contributed by atoms with E-state index in [1.165, 1.54) is 51.4 Å². The average molecular weight is 369 g/mol. The first-order valence-corrected chi connectivity index (χ1v) is 11.0. The molecule has 1 heterocycles. The molecular weight excluding hydrogens is 324 g/mol. The van der Waals surface area contributed by atoms with Gasteiger partial charge in [-0.25, -0.2) is 4.79 Å². The van der Waals surface area contributed by atoms with Crippen LogP contribution in [0.15, 0.2) is 0 Å². The number of piperidine rings is 1. The van der Waals surface area contributed by atoms with E-state index in [1.54, 1.807) is 4.90 Å². The molecular formula is C22H44N2O2. The Morgan fingerprint density at radius 1 is 0.885 bits per heavy atom. The summed E-state index contributed by atoms with van der Waals surface area (Å²) in [5, 5.41) is 13.4. The number of nitrogens with one attached hydrogen (secondary N) is 1. The maximum atomic E-state index is 11.8. The molecule has 154 valence electrons. The van der Waals surface area contributed by atoms with Crippen molar-refractivity contribution in [2.45, 2.75) is 129 Å². The van der Waals surface area contributed by atoms with Crippen molar-refractivity contribution in [2.24, 2.45) is 0 Å². The number of hydrogen-bond acceptors (Lipinski definition) is 2. The molecule has 0 saturated carbocycles. The third-order valence-corrected chi connectivity index (χ3v) is 5.61.